The normalized spacial score (nSPS) is 19.3. The van der Waals surface area contributed by atoms with Crippen LogP contribution in [0.3, 0.4) is 0 Å². The summed E-state index contributed by atoms with van der Waals surface area (Å²) in [4.78, 5) is 11.4. The first-order valence-corrected chi connectivity index (χ1v) is 5.03. The van der Waals surface area contributed by atoms with Gasteiger partial charge in [0, 0.05) is 19.5 Å². The van der Waals surface area contributed by atoms with Gasteiger partial charge in [0.15, 0.2) is 0 Å². The molecule has 1 rings (SSSR count). The molecular weight excluding hydrogens is 164 g/mol. The lowest BCUT2D eigenvalue weighted by Gasteiger charge is -2.30. The van der Waals surface area contributed by atoms with Crippen LogP contribution in [0.2, 0.25) is 0 Å². The zero-order valence-corrected chi connectivity index (χ0v) is 8.89. The highest BCUT2D eigenvalue weighted by Crippen LogP contribution is 2.19. The number of carbonyl (C=O) groups excluding carboxylic acids is 1. The fourth-order valence-corrected chi connectivity index (χ4v) is 1.33. The molecule has 1 amide bonds. The minimum Gasteiger partial charge on any atom is -0.278 e. The molecule has 1 N–H and O–H groups in total. The minimum atomic E-state index is 0.246. The van der Waals surface area contributed by atoms with Crippen LogP contribution >= 0.6 is 0 Å². The van der Waals surface area contributed by atoms with Crippen molar-refractivity contribution in [2.45, 2.75) is 40.0 Å². The van der Waals surface area contributed by atoms with Crippen LogP contribution in [-0.2, 0) is 4.79 Å². The molecule has 13 heavy (non-hydrogen) atoms. The summed E-state index contributed by atoms with van der Waals surface area (Å²) in [7, 11) is 0. The Morgan fingerprint density at radius 1 is 1.46 bits per heavy atom. The van der Waals surface area contributed by atoms with Crippen LogP contribution in [-0.4, -0.2) is 24.0 Å². The average molecular weight is 184 g/mol. The van der Waals surface area contributed by atoms with Crippen molar-refractivity contribution in [1.82, 2.24) is 10.4 Å². The number of nitrogens with zero attached hydrogens (tertiary/aromatic N) is 1. The molecule has 0 atom stereocenters. The van der Waals surface area contributed by atoms with Crippen molar-refractivity contribution in [1.29, 1.82) is 0 Å². The van der Waals surface area contributed by atoms with E-state index in [2.05, 4.69) is 26.2 Å². The first kappa shape index (κ1) is 10.5. The highest BCUT2D eigenvalue weighted by Gasteiger charge is 2.19. The molecule has 1 aliphatic heterocycles. The maximum Gasteiger partial charge on any atom is 0.236 e. The molecule has 1 saturated heterocycles. The van der Waals surface area contributed by atoms with E-state index in [0.29, 0.717) is 11.8 Å². The van der Waals surface area contributed by atoms with Gasteiger partial charge in [0.1, 0.15) is 0 Å². The molecule has 3 nitrogen and oxygen atoms in total. The van der Waals surface area contributed by atoms with E-state index >= 15 is 0 Å². The first-order chi connectivity index (χ1) is 5.99. The molecule has 0 radical (unpaired) electrons. The molecule has 0 aromatic rings. The van der Waals surface area contributed by atoms with E-state index in [4.69, 9.17) is 0 Å². The van der Waals surface area contributed by atoms with Gasteiger partial charge in [-0.05, 0) is 18.3 Å². The van der Waals surface area contributed by atoms with Gasteiger partial charge in [-0.3, -0.25) is 9.80 Å². The molecule has 1 aliphatic rings. The number of hydrogen-bond donors (Lipinski definition) is 1. The van der Waals surface area contributed by atoms with Gasteiger partial charge < -0.3 is 0 Å². The van der Waals surface area contributed by atoms with Crippen LogP contribution in [0, 0.1) is 5.41 Å². The summed E-state index contributed by atoms with van der Waals surface area (Å²) in [5.74, 6) is 0.246. The van der Waals surface area contributed by atoms with Crippen molar-refractivity contribution in [2.75, 3.05) is 13.1 Å². The van der Waals surface area contributed by atoms with E-state index in [1.54, 1.807) is 5.01 Å². The average Bonchev–Trinajstić information content (AvgIpc) is 2.01. The van der Waals surface area contributed by atoms with E-state index in [-0.39, 0.29) is 5.91 Å². The Hall–Kier alpha value is -0.570. The molecule has 0 bridgehead atoms. The maximum absolute atomic E-state index is 11.4. The quantitative estimate of drug-likeness (QED) is 0.706. The number of rotatable bonds is 2. The van der Waals surface area contributed by atoms with Crippen molar-refractivity contribution in [3.8, 4) is 0 Å². The molecule has 0 spiro atoms. The summed E-state index contributed by atoms with van der Waals surface area (Å²) in [6, 6.07) is 0. The zero-order valence-electron chi connectivity index (χ0n) is 8.89. The van der Waals surface area contributed by atoms with Crippen LogP contribution in [0.5, 0.6) is 0 Å². The third-order valence-electron chi connectivity index (χ3n) is 2.26. The number of amides is 1. The topological polar surface area (TPSA) is 32.3 Å². The number of carbonyl (C=O) groups is 1. The molecule has 1 heterocycles. The van der Waals surface area contributed by atoms with Crippen LogP contribution < -0.4 is 5.43 Å². The number of nitrogens with one attached hydrogen (secondary N) is 1. The third-order valence-corrected chi connectivity index (χ3v) is 2.26. The Bertz CT molecular complexity index is 184. The van der Waals surface area contributed by atoms with E-state index in [0.717, 1.165) is 25.9 Å². The lowest BCUT2D eigenvalue weighted by Crippen LogP contribution is -2.48. The van der Waals surface area contributed by atoms with Crippen molar-refractivity contribution in [3.05, 3.63) is 0 Å². The van der Waals surface area contributed by atoms with Crippen molar-refractivity contribution in [2.24, 2.45) is 5.41 Å². The second-order valence-corrected chi connectivity index (χ2v) is 4.87. The van der Waals surface area contributed by atoms with Crippen molar-refractivity contribution >= 4 is 5.91 Å². The summed E-state index contributed by atoms with van der Waals surface area (Å²) in [6.45, 7) is 8.36. The maximum atomic E-state index is 11.4. The molecular formula is C10H20N2O. The first-order valence-electron chi connectivity index (χ1n) is 5.03. The van der Waals surface area contributed by atoms with Crippen molar-refractivity contribution in [3.63, 3.8) is 0 Å². The van der Waals surface area contributed by atoms with Crippen LogP contribution in [0.1, 0.15) is 40.0 Å². The van der Waals surface area contributed by atoms with Gasteiger partial charge in [-0.25, -0.2) is 5.43 Å². The Balaban J connectivity index is 2.31. The lowest BCUT2D eigenvalue weighted by atomic mass is 9.92. The second kappa shape index (κ2) is 4.09. The van der Waals surface area contributed by atoms with E-state index in [9.17, 15) is 4.79 Å². The Labute approximate surface area is 80.5 Å². The molecule has 1 fully saturated rings. The van der Waals surface area contributed by atoms with Gasteiger partial charge in [-0.2, -0.15) is 0 Å². The number of hydrazine groups is 1. The second-order valence-electron chi connectivity index (χ2n) is 4.87. The highest BCUT2D eigenvalue weighted by atomic mass is 16.2. The highest BCUT2D eigenvalue weighted by molar-refractivity contribution is 5.76. The molecule has 76 valence electrons. The Morgan fingerprint density at radius 2 is 2.15 bits per heavy atom. The third kappa shape index (κ3) is 3.77. The van der Waals surface area contributed by atoms with Crippen LogP contribution in [0.15, 0.2) is 0 Å². The summed E-state index contributed by atoms with van der Waals surface area (Å²) >= 11 is 0. The molecule has 0 unspecified atom stereocenters. The van der Waals surface area contributed by atoms with Gasteiger partial charge in [0.25, 0.3) is 0 Å². The largest absolute Gasteiger partial charge is 0.278 e. The summed E-state index contributed by atoms with van der Waals surface area (Å²) in [5.41, 5.74) is 3.43. The fraction of sp³-hybridized carbons (Fsp3) is 0.900. The smallest absolute Gasteiger partial charge is 0.236 e. The predicted octanol–water partition coefficient (Wildman–Crippen LogP) is 1.55. The zero-order chi connectivity index (χ0) is 9.90. The van der Waals surface area contributed by atoms with E-state index < -0.39 is 0 Å². The Morgan fingerprint density at radius 3 is 2.69 bits per heavy atom. The minimum absolute atomic E-state index is 0.246. The van der Waals surface area contributed by atoms with Gasteiger partial charge in [-0.1, -0.05) is 20.8 Å². The lowest BCUT2D eigenvalue weighted by molar-refractivity contribution is -0.137. The molecule has 0 aliphatic carbocycles. The standard InChI is InChI=1S/C10H20N2O/c1-10(2,3)6-8-12-9(13)5-4-7-11-12/h11H,4-8H2,1-3H3. The van der Waals surface area contributed by atoms with E-state index in [1.165, 1.54) is 0 Å². The Kier molecular flexibility index (Phi) is 3.31. The van der Waals surface area contributed by atoms with Gasteiger partial charge in [-0.15, -0.1) is 0 Å². The monoisotopic (exact) mass is 184 g/mol. The van der Waals surface area contributed by atoms with E-state index in [1.807, 2.05) is 0 Å². The fourth-order valence-electron chi connectivity index (χ4n) is 1.33. The molecule has 0 saturated carbocycles. The van der Waals surface area contributed by atoms with Gasteiger partial charge in [0.2, 0.25) is 5.91 Å². The summed E-state index contributed by atoms with van der Waals surface area (Å²) < 4.78 is 0. The molecule has 0 aromatic heterocycles. The SMILES string of the molecule is CC(C)(C)CCN1NCCCC1=O. The van der Waals surface area contributed by atoms with Gasteiger partial charge >= 0.3 is 0 Å². The van der Waals surface area contributed by atoms with Crippen LogP contribution in [0.4, 0.5) is 0 Å². The van der Waals surface area contributed by atoms with Gasteiger partial charge in [0.05, 0.1) is 0 Å². The van der Waals surface area contributed by atoms with Crippen LogP contribution in [0.25, 0.3) is 0 Å². The molecule has 3 heteroatoms. The summed E-state index contributed by atoms with van der Waals surface area (Å²) in [6.07, 6.45) is 2.73. The number of hydrogen-bond acceptors (Lipinski definition) is 2. The summed E-state index contributed by atoms with van der Waals surface area (Å²) in [5, 5.41) is 1.77. The van der Waals surface area contributed by atoms with Crippen molar-refractivity contribution < 1.29 is 4.79 Å². The molecule has 0 aromatic carbocycles. The predicted molar refractivity (Wildman–Crippen MR) is 53.0 cm³/mol.